The second kappa shape index (κ2) is 12.0. The zero-order valence-corrected chi connectivity index (χ0v) is 22.1. The lowest BCUT2D eigenvalue weighted by Gasteiger charge is -2.37. The normalized spacial score (nSPS) is 21.0. The minimum Gasteiger partial charge on any atom is -0.487 e. The zero-order chi connectivity index (χ0) is 25.6. The Bertz CT molecular complexity index is 1020. The molecule has 0 aromatic heterocycles. The third-order valence-electron chi connectivity index (χ3n) is 5.63. The predicted octanol–water partition coefficient (Wildman–Crippen LogP) is 0.388. The van der Waals surface area contributed by atoms with Crippen LogP contribution in [0, 0.1) is 17.8 Å². The molecule has 0 saturated carbocycles. The number of carbonyl (C=O) groups is 1. The van der Waals surface area contributed by atoms with Gasteiger partial charge < -0.3 is 19.6 Å². The Labute approximate surface area is 204 Å². The van der Waals surface area contributed by atoms with Crippen LogP contribution in [0.2, 0.25) is 0 Å². The highest BCUT2D eigenvalue weighted by Crippen LogP contribution is 2.34. The number of hydrogen-bond donors (Lipinski definition) is 1. The predicted molar refractivity (Wildman–Crippen MR) is 132 cm³/mol. The van der Waals surface area contributed by atoms with Crippen molar-refractivity contribution in [1.29, 1.82) is 0 Å². The summed E-state index contributed by atoms with van der Waals surface area (Å²) >= 11 is 0. The minimum atomic E-state index is -3.92. The van der Waals surface area contributed by atoms with Crippen LogP contribution in [0.4, 0.5) is 0 Å². The van der Waals surface area contributed by atoms with Gasteiger partial charge in [-0.05, 0) is 53.3 Å². The third kappa shape index (κ3) is 7.17. The Hall–Kier alpha value is -2.16. The first-order valence-corrected chi connectivity index (χ1v) is 12.8. The molecule has 1 aromatic rings. The highest BCUT2D eigenvalue weighted by atomic mass is 32.2. The van der Waals surface area contributed by atoms with Crippen LogP contribution in [-0.2, 0) is 14.8 Å². The molecular weight excluding hydrogens is 456 g/mol. The summed E-state index contributed by atoms with van der Waals surface area (Å²) in [6.45, 7) is 4.56. The standard InChI is InChI=1S/C24H38N4O5S/c1-18-14-28(19(2)17-29)34(31,32)23-11-10-20(9-8-12-25(3)4)13-21(23)33-22(18)15-27(7)24(30)16-26(5)6/h10-11,13,18-19,22,29H,12,14-17H2,1-7H3/t18-,19-,22-/m1/s1. The van der Waals surface area contributed by atoms with Gasteiger partial charge in [0, 0.05) is 31.1 Å². The molecule has 1 N–H and O–H groups in total. The summed E-state index contributed by atoms with van der Waals surface area (Å²) in [5, 5.41) is 9.75. The van der Waals surface area contributed by atoms with Crippen LogP contribution in [0.25, 0.3) is 0 Å². The van der Waals surface area contributed by atoms with Gasteiger partial charge in [0.15, 0.2) is 0 Å². The van der Waals surface area contributed by atoms with Crippen molar-refractivity contribution in [2.45, 2.75) is 30.9 Å². The zero-order valence-electron chi connectivity index (χ0n) is 21.3. The van der Waals surface area contributed by atoms with Gasteiger partial charge in [-0.1, -0.05) is 18.8 Å². The van der Waals surface area contributed by atoms with Crippen molar-refractivity contribution >= 4 is 15.9 Å². The average Bonchev–Trinajstić information content (AvgIpc) is 2.74. The van der Waals surface area contributed by atoms with E-state index in [1.54, 1.807) is 35.9 Å². The minimum absolute atomic E-state index is 0.0325. The Morgan fingerprint density at radius 3 is 2.50 bits per heavy atom. The lowest BCUT2D eigenvalue weighted by molar-refractivity contribution is -0.132. The van der Waals surface area contributed by atoms with Crippen molar-refractivity contribution < 1.29 is 23.1 Å². The van der Waals surface area contributed by atoms with E-state index in [1.807, 2.05) is 40.0 Å². The molecule has 0 unspecified atom stereocenters. The summed E-state index contributed by atoms with van der Waals surface area (Å²) in [6.07, 6.45) is -0.455. The molecule has 0 bridgehead atoms. The number of sulfonamides is 1. The maximum atomic E-state index is 13.5. The fourth-order valence-corrected chi connectivity index (χ4v) is 5.41. The molecule has 10 heteroatoms. The molecule has 1 aromatic carbocycles. The van der Waals surface area contributed by atoms with Crippen molar-refractivity contribution in [1.82, 2.24) is 19.0 Å². The van der Waals surface area contributed by atoms with Crippen LogP contribution in [0.5, 0.6) is 5.75 Å². The first-order valence-electron chi connectivity index (χ1n) is 11.3. The molecule has 0 saturated heterocycles. The number of rotatable bonds is 7. The summed E-state index contributed by atoms with van der Waals surface area (Å²) in [4.78, 5) is 17.9. The number of hydrogen-bond acceptors (Lipinski definition) is 7. The highest BCUT2D eigenvalue weighted by molar-refractivity contribution is 7.89. The fraction of sp³-hybridized carbons (Fsp3) is 0.625. The fourth-order valence-electron chi connectivity index (χ4n) is 3.58. The maximum absolute atomic E-state index is 13.5. The Balaban J connectivity index is 2.50. The number of aliphatic hydroxyl groups is 1. The summed E-state index contributed by atoms with van der Waals surface area (Å²) in [7, 11) is 5.29. The van der Waals surface area contributed by atoms with E-state index in [2.05, 4.69) is 11.8 Å². The molecule has 1 heterocycles. The molecule has 0 spiro atoms. The second-order valence-corrected chi connectivity index (χ2v) is 11.3. The van der Waals surface area contributed by atoms with Gasteiger partial charge >= 0.3 is 0 Å². The molecule has 34 heavy (non-hydrogen) atoms. The summed E-state index contributed by atoms with van der Waals surface area (Å²) < 4.78 is 34.6. The van der Waals surface area contributed by atoms with Gasteiger partial charge in [-0.25, -0.2) is 8.42 Å². The van der Waals surface area contributed by atoms with Crippen molar-refractivity contribution in [2.24, 2.45) is 5.92 Å². The SMILES string of the molecule is C[C@@H]1CN([C@H](C)CO)S(=O)(=O)c2ccc(C#CCN(C)C)cc2O[C@@H]1CN(C)C(=O)CN(C)C. The van der Waals surface area contributed by atoms with E-state index in [-0.39, 0.29) is 42.2 Å². The number of ether oxygens (including phenoxy) is 1. The van der Waals surface area contributed by atoms with E-state index in [0.717, 1.165) is 0 Å². The number of likely N-dealkylation sites (N-methyl/N-ethyl adjacent to an activating group) is 2. The van der Waals surface area contributed by atoms with E-state index in [1.165, 1.54) is 10.4 Å². The number of carbonyl (C=O) groups excluding carboxylic acids is 1. The Morgan fingerprint density at radius 2 is 1.91 bits per heavy atom. The number of nitrogens with zero attached hydrogens (tertiary/aromatic N) is 4. The molecule has 0 aliphatic carbocycles. The van der Waals surface area contributed by atoms with E-state index in [0.29, 0.717) is 18.7 Å². The molecular formula is C24H38N4O5S. The van der Waals surface area contributed by atoms with Crippen LogP contribution in [-0.4, -0.2) is 119 Å². The smallest absolute Gasteiger partial charge is 0.247 e. The molecule has 1 amide bonds. The maximum Gasteiger partial charge on any atom is 0.247 e. The first kappa shape index (κ1) is 28.1. The Morgan fingerprint density at radius 1 is 1.24 bits per heavy atom. The van der Waals surface area contributed by atoms with Gasteiger partial charge in [-0.15, -0.1) is 0 Å². The number of benzene rings is 1. The van der Waals surface area contributed by atoms with Crippen molar-refractivity contribution in [3.63, 3.8) is 0 Å². The van der Waals surface area contributed by atoms with Crippen LogP contribution >= 0.6 is 0 Å². The molecule has 9 nitrogen and oxygen atoms in total. The number of amides is 1. The quantitative estimate of drug-likeness (QED) is 0.548. The van der Waals surface area contributed by atoms with Gasteiger partial charge in [-0.2, -0.15) is 4.31 Å². The largest absolute Gasteiger partial charge is 0.487 e. The second-order valence-electron chi connectivity index (χ2n) is 9.45. The van der Waals surface area contributed by atoms with Crippen LogP contribution in [0.3, 0.4) is 0 Å². The van der Waals surface area contributed by atoms with E-state index >= 15 is 0 Å². The molecule has 190 valence electrons. The molecule has 3 atom stereocenters. The highest BCUT2D eigenvalue weighted by Gasteiger charge is 2.38. The van der Waals surface area contributed by atoms with Gasteiger partial charge in [0.1, 0.15) is 16.7 Å². The molecule has 0 fully saturated rings. The Kier molecular flexibility index (Phi) is 9.91. The van der Waals surface area contributed by atoms with Crippen LogP contribution < -0.4 is 4.74 Å². The van der Waals surface area contributed by atoms with Gasteiger partial charge in [0.25, 0.3) is 0 Å². The van der Waals surface area contributed by atoms with E-state index < -0.39 is 22.2 Å². The molecule has 1 aliphatic heterocycles. The molecule has 2 rings (SSSR count). The molecule has 1 aliphatic rings. The van der Waals surface area contributed by atoms with E-state index in [9.17, 15) is 18.3 Å². The summed E-state index contributed by atoms with van der Waals surface area (Å²) in [5.41, 5.74) is 0.640. The van der Waals surface area contributed by atoms with Gasteiger partial charge in [-0.3, -0.25) is 9.69 Å². The number of fused-ring (bicyclic) bond motifs is 1. The summed E-state index contributed by atoms with van der Waals surface area (Å²) in [5.74, 6) is 6.01. The average molecular weight is 495 g/mol. The van der Waals surface area contributed by atoms with Crippen molar-refractivity contribution in [3.05, 3.63) is 23.8 Å². The van der Waals surface area contributed by atoms with Crippen LogP contribution in [0.15, 0.2) is 23.1 Å². The van der Waals surface area contributed by atoms with Crippen molar-refractivity contribution in [3.8, 4) is 17.6 Å². The van der Waals surface area contributed by atoms with Crippen molar-refractivity contribution in [2.75, 3.05) is 68.0 Å². The topological polar surface area (TPSA) is 93.6 Å². The lowest BCUT2D eigenvalue weighted by Crippen LogP contribution is -2.50. The van der Waals surface area contributed by atoms with Gasteiger partial charge in [0.2, 0.25) is 15.9 Å². The van der Waals surface area contributed by atoms with Crippen LogP contribution in [0.1, 0.15) is 19.4 Å². The monoisotopic (exact) mass is 494 g/mol. The third-order valence-corrected chi connectivity index (χ3v) is 7.65. The summed E-state index contributed by atoms with van der Waals surface area (Å²) in [6, 6.07) is 4.21. The lowest BCUT2D eigenvalue weighted by atomic mass is 10.0. The first-order chi connectivity index (χ1) is 15.9. The van der Waals surface area contributed by atoms with Gasteiger partial charge in [0.05, 0.1) is 26.2 Å². The van der Waals surface area contributed by atoms with E-state index in [4.69, 9.17) is 4.74 Å². The molecule has 0 radical (unpaired) electrons. The number of aliphatic hydroxyl groups excluding tert-OH is 1.